The van der Waals surface area contributed by atoms with E-state index in [0.717, 1.165) is 12.5 Å². The number of benzene rings is 1. The molecule has 0 heterocycles. The maximum absolute atomic E-state index is 12.7. The zero-order chi connectivity index (χ0) is 13.1. The molecule has 1 aromatic carbocycles. The third-order valence-electron chi connectivity index (χ3n) is 2.59. The summed E-state index contributed by atoms with van der Waals surface area (Å²) < 4.78 is 42.9. The zero-order valence-corrected chi connectivity index (χ0v) is 9.84. The fourth-order valence-electron chi connectivity index (χ4n) is 1.55. The minimum atomic E-state index is -4.41. The first kappa shape index (κ1) is 13.8. The van der Waals surface area contributed by atoms with E-state index in [1.165, 1.54) is 13.2 Å². The van der Waals surface area contributed by atoms with Gasteiger partial charge < -0.3 is 10.5 Å². The average Bonchev–Trinajstić information content (AvgIpc) is 2.27. The van der Waals surface area contributed by atoms with Gasteiger partial charge in [-0.15, -0.1) is 0 Å². The Balaban J connectivity index is 3.05. The molecule has 0 saturated carbocycles. The van der Waals surface area contributed by atoms with Crippen LogP contribution in [0.5, 0.6) is 5.75 Å². The zero-order valence-electron chi connectivity index (χ0n) is 9.84. The maximum Gasteiger partial charge on any atom is 0.419 e. The second-order valence-corrected chi connectivity index (χ2v) is 3.90. The van der Waals surface area contributed by atoms with E-state index in [1.54, 1.807) is 6.07 Å². The van der Waals surface area contributed by atoms with Gasteiger partial charge in [0.2, 0.25) is 0 Å². The van der Waals surface area contributed by atoms with Crippen molar-refractivity contribution in [3.63, 3.8) is 0 Å². The molecule has 0 radical (unpaired) electrons. The van der Waals surface area contributed by atoms with Crippen molar-refractivity contribution in [2.75, 3.05) is 7.11 Å². The van der Waals surface area contributed by atoms with Crippen molar-refractivity contribution in [2.45, 2.75) is 32.0 Å². The second kappa shape index (κ2) is 5.40. The van der Waals surface area contributed by atoms with Crippen LogP contribution in [0.3, 0.4) is 0 Å². The molecule has 1 aromatic rings. The molecule has 0 aliphatic carbocycles. The fourth-order valence-corrected chi connectivity index (χ4v) is 1.55. The molecular weight excluding hydrogens is 231 g/mol. The Hall–Kier alpha value is -1.23. The van der Waals surface area contributed by atoms with Crippen LogP contribution in [0, 0.1) is 0 Å². The highest BCUT2D eigenvalue weighted by molar-refractivity contribution is 5.39. The van der Waals surface area contributed by atoms with Crippen molar-refractivity contribution in [1.82, 2.24) is 0 Å². The minimum Gasteiger partial charge on any atom is -0.496 e. The van der Waals surface area contributed by atoms with Gasteiger partial charge in [-0.1, -0.05) is 13.0 Å². The summed E-state index contributed by atoms with van der Waals surface area (Å²) in [5.41, 5.74) is 5.55. The van der Waals surface area contributed by atoms with Crippen molar-refractivity contribution in [3.05, 3.63) is 29.3 Å². The third-order valence-corrected chi connectivity index (χ3v) is 2.59. The van der Waals surface area contributed by atoms with Crippen LogP contribution in [0.25, 0.3) is 0 Å². The van der Waals surface area contributed by atoms with Crippen LogP contribution >= 0.6 is 0 Å². The van der Waals surface area contributed by atoms with Gasteiger partial charge in [-0.05, 0) is 30.5 Å². The van der Waals surface area contributed by atoms with E-state index in [2.05, 4.69) is 0 Å². The summed E-state index contributed by atoms with van der Waals surface area (Å²) in [6, 6.07) is 3.93. The normalized spacial score (nSPS) is 13.5. The molecule has 0 saturated heterocycles. The SMILES string of the molecule is CCC(N)Cc1ccc(OC)c(C(F)(F)F)c1. The van der Waals surface area contributed by atoms with Crippen molar-refractivity contribution >= 4 is 0 Å². The van der Waals surface area contributed by atoms with Gasteiger partial charge in [0.1, 0.15) is 5.75 Å². The summed E-state index contributed by atoms with van der Waals surface area (Å²) in [7, 11) is 1.22. The van der Waals surface area contributed by atoms with Gasteiger partial charge in [-0.3, -0.25) is 0 Å². The molecule has 2 N–H and O–H groups in total. The fraction of sp³-hybridized carbons (Fsp3) is 0.500. The molecule has 0 fully saturated rings. The molecule has 0 aromatic heterocycles. The molecular formula is C12H16F3NO. The van der Waals surface area contributed by atoms with E-state index in [4.69, 9.17) is 10.5 Å². The molecule has 5 heteroatoms. The smallest absolute Gasteiger partial charge is 0.419 e. The summed E-state index contributed by atoms with van der Waals surface area (Å²) in [4.78, 5) is 0. The second-order valence-electron chi connectivity index (χ2n) is 3.90. The molecule has 1 atom stereocenters. The van der Waals surface area contributed by atoms with Gasteiger partial charge in [0.25, 0.3) is 0 Å². The van der Waals surface area contributed by atoms with Crippen LogP contribution in [-0.2, 0) is 12.6 Å². The molecule has 0 bridgehead atoms. The largest absolute Gasteiger partial charge is 0.496 e. The topological polar surface area (TPSA) is 35.2 Å². The van der Waals surface area contributed by atoms with Crippen LogP contribution in [0.15, 0.2) is 18.2 Å². The van der Waals surface area contributed by atoms with Gasteiger partial charge in [0.15, 0.2) is 0 Å². The predicted molar refractivity (Wildman–Crippen MR) is 60.0 cm³/mol. The van der Waals surface area contributed by atoms with E-state index in [-0.39, 0.29) is 11.8 Å². The molecule has 0 spiro atoms. The van der Waals surface area contributed by atoms with Crippen LogP contribution in [0.2, 0.25) is 0 Å². The molecule has 1 rings (SSSR count). The first-order valence-electron chi connectivity index (χ1n) is 5.38. The van der Waals surface area contributed by atoms with Crippen LogP contribution in [-0.4, -0.2) is 13.2 Å². The van der Waals surface area contributed by atoms with Crippen molar-refractivity contribution < 1.29 is 17.9 Å². The first-order chi connectivity index (χ1) is 7.88. The number of hydrogen-bond acceptors (Lipinski definition) is 2. The Morgan fingerprint density at radius 2 is 2.00 bits per heavy atom. The molecule has 96 valence electrons. The van der Waals surface area contributed by atoms with Gasteiger partial charge in [-0.25, -0.2) is 0 Å². The van der Waals surface area contributed by atoms with E-state index in [9.17, 15) is 13.2 Å². The van der Waals surface area contributed by atoms with Crippen molar-refractivity contribution in [3.8, 4) is 5.75 Å². The van der Waals surface area contributed by atoms with Crippen molar-refractivity contribution in [1.29, 1.82) is 0 Å². The molecule has 0 aliphatic rings. The highest BCUT2D eigenvalue weighted by Gasteiger charge is 2.34. The van der Waals surface area contributed by atoms with E-state index < -0.39 is 11.7 Å². The Morgan fingerprint density at radius 1 is 1.35 bits per heavy atom. The molecule has 2 nitrogen and oxygen atoms in total. The van der Waals surface area contributed by atoms with Crippen LogP contribution < -0.4 is 10.5 Å². The van der Waals surface area contributed by atoms with E-state index in [0.29, 0.717) is 12.0 Å². The first-order valence-corrected chi connectivity index (χ1v) is 5.38. The Kier molecular flexibility index (Phi) is 4.40. The van der Waals surface area contributed by atoms with Gasteiger partial charge >= 0.3 is 6.18 Å². The molecule has 17 heavy (non-hydrogen) atoms. The quantitative estimate of drug-likeness (QED) is 0.887. The number of alkyl halides is 3. The third kappa shape index (κ3) is 3.63. The lowest BCUT2D eigenvalue weighted by atomic mass is 10.0. The summed E-state index contributed by atoms with van der Waals surface area (Å²) in [5.74, 6) is -0.161. The number of halogens is 3. The van der Waals surface area contributed by atoms with Crippen LogP contribution in [0.4, 0.5) is 13.2 Å². The monoisotopic (exact) mass is 247 g/mol. The summed E-state index contributed by atoms with van der Waals surface area (Å²) in [5, 5.41) is 0. The van der Waals surface area contributed by atoms with Crippen LogP contribution in [0.1, 0.15) is 24.5 Å². The number of nitrogens with two attached hydrogens (primary N) is 1. The predicted octanol–water partition coefficient (Wildman–Crippen LogP) is 2.99. The molecule has 0 amide bonds. The standard InChI is InChI=1S/C12H16F3NO/c1-3-9(16)6-8-4-5-11(17-2)10(7-8)12(13,14)15/h4-5,7,9H,3,6,16H2,1-2H3. The Bertz CT molecular complexity index is 377. The van der Waals surface area contributed by atoms with Crippen molar-refractivity contribution in [2.24, 2.45) is 5.73 Å². The Labute approximate surface area is 98.6 Å². The number of ether oxygens (including phenoxy) is 1. The van der Waals surface area contributed by atoms with Gasteiger partial charge in [0, 0.05) is 6.04 Å². The lowest BCUT2D eigenvalue weighted by Crippen LogP contribution is -2.21. The molecule has 0 aliphatic heterocycles. The number of rotatable bonds is 4. The minimum absolute atomic E-state index is 0.121. The Morgan fingerprint density at radius 3 is 2.47 bits per heavy atom. The van der Waals surface area contributed by atoms with Gasteiger partial charge in [0.05, 0.1) is 12.7 Å². The highest BCUT2D eigenvalue weighted by atomic mass is 19.4. The number of hydrogen-bond donors (Lipinski definition) is 1. The lowest BCUT2D eigenvalue weighted by molar-refractivity contribution is -0.138. The average molecular weight is 247 g/mol. The van der Waals surface area contributed by atoms with Gasteiger partial charge in [-0.2, -0.15) is 13.2 Å². The summed E-state index contributed by atoms with van der Waals surface area (Å²) in [6.45, 7) is 1.90. The lowest BCUT2D eigenvalue weighted by Gasteiger charge is -2.15. The number of methoxy groups -OCH3 is 1. The maximum atomic E-state index is 12.7. The summed E-state index contributed by atoms with van der Waals surface area (Å²) >= 11 is 0. The van der Waals surface area contributed by atoms with E-state index >= 15 is 0 Å². The van der Waals surface area contributed by atoms with E-state index in [1.807, 2.05) is 6.92 Å². The summed E-state index contributed by atoms with van der Waals surface area (Å²) in [6.07, 6.45) is -3.24. The molecule has 1 unspecified atom stereocenters. The highest BCUT2D eigenvalue weighted by Crippen LogP contribution is 2.36.